The highest BCUT2D eigenvalue weighted by Crippen LogP contribution is 2.48. The summed E-state index contributed by atoms with van der Waals surface area (Å²) < 4.78 is 57.0. The number of hydrogen-bond acceptors (Lipinski definition) is 5. The summed E-state index contributed by atoms with van der Waals surface area (Å²) in [6, 6.07) is 4.59. The minimum absolute atomic E-state index is 0.109. The first-order valence-corrected chi connectivity index (χ1v) is 8.10. The first-order chi connectivity index (χ1) is 12.0. The van der Waals surface area contributed by atoms with Crippen LogP contribution in [-0.4, -0.2) is 41.0 Å². The molecule has 2 aliphatic rings. The number of halogens is 6. The van der Waals surface area contributed by atoms with Crippen LogP contribution in [0, 0.1) is 0 Å². The lowest BCUT2D eigenvalue weighted by Gasteiger charge is -2.35. The number of fused-ring (bicyclic) bond motifs is 1. The molecule has 2 N–H and O–H groups in total. The van der Waals surface area contributed by atoms with E-state index >= 15 is 0 Å². The molecular formula is C13H10Cl3F3N2O5. The third-order valence-corrected chi connectivity index (χ3v) is 4.10. The van der Waals surface area contributed by atoms with Gasteiger partial charge in [0.15, 0.2) is 11.5 Å². The van der Waals surface area contributed by atoms with Gasteiger partial charge < -0.3 is 18.9 Å². The van der Waals surface area contributed by atoms with Crippen molar-refractivity contribution in [3.63, 3.8) is 0 Å². The molecule has 0 atom stereocenters. The lowest BCUT2D eigenvalue weighted by atomic mass is 10.3. The van der Waals surface area contributed by atoms with E-state index in [4.69, 9.17) is 44.3 Å². The van der Waals surface area contributed by atoms with E-state index in [0.29, 0.717) is 0 Å². The van der Waals surface area contributed by atoms with Crippen molar-refractivity contribution in [3.05, 3.63) is 24.3 Å². The lowest BCUT2D eigenvalue weighted by molar-refractivity contribution is -0.352. The molecule has 1 aromatic rings. The van der Waals surface area contributed by atoms with E-state index in [9.17, 15) is 18.0 Å². The maximum atomic E-state index is 13.2. The van der Waals surface area contributed by atoms with E-state index in [-0.39, 0.29) is 24.7 Å². The molecule has 0 bridgehead atoms. The number of carbonyl (C=O) groups excluding carboxylic acids is 1. The molecule has 2 amide bonds. The lowest BCUT2D eigenvalue weighted by Crippen LogP contribution is -2.69. The van der Waals surface area contributed by atoms with E-state index in [0.717, 1.165) is 0 Å². The van der Waals surface area contributed by atoms with Gasteiger partial charge in [0.2, 0.25) is 0 Å². The normalized spacial score (nSPS) is 20.7. The number of para-hydroxylation sites is 2. The molecule has 0 saturated carbocycles. The van der Waals surface area contributed by atoms with Crippen LogP contribution in [0.1, 0.15) is 0 Å². The second kappa shape index (κ2) is 6.38. The minimum atomic E-state index is -5.06. The van der Waals surface area contributed by atoms with Crippen molar-refractivity contribution in [1.82, 2.24) is 10.6 Å². The molecule has 0 aromatic heterocycles. The quantitative estimate of drug-likeness (QED) is 0.696. The Labute approximate surface area is 159 Å². The Bertz CT molecular complexity index is 682. The van der Waals surface area contributed by atoms with Crippen molar-refractivity contribution in [2.45, 2.75) is 21.8 Å². The van der Waals surface area contributed by atoms with Crippen LogP contribution in [-0.2, 0) is 9.47 Å². The van der Waals surface area contributed by atoms with Crippen molar-refractivity contribution >= 4 is 40.8 Å². The molecule has 0 radical (unpaired) electrons. The molecular weight excluding hydrogens is 428 g/mol. The number of hydrogen-bond donors (Lipinski definition) is 2. The fourth-order valence-corrected chi connectivity index (χ4v) is 2.61. The monoisotopic (exact) mass is 436 g/mol. The first-order valence-electron chi connectivity index (χ1n) is 6.97. The van der Waals surface area contributed by atoms with Crippen molar-refractivity contribution in [3.8, 4) is 11.5 Å². The van der Waals surface area contributed by atoms with Gasteiger partial charge >= 0.3 is 24.0 Å². The van der Waals surface area contributed by atoms with Crippen LogP contribution in [0.5, 0.6) is 11.5 Å². The third-order valence-electron chi connectivity index (χ3n) is 3.35. The van der Waals surface area contributed by atoms with Gasteiger partial charge in [0.05, 0.1) is 13.2 Å². The third kappa shape index (κ3) is 3.31. The maximum Gasteiger partial charge on any atom is 0.465 e. The highest BCUT2D eigenvalue weighted by atomic mass is 35.6. The second-order valence-electron chi connectivity index (χ2n) is 5.16. The van der Waals surface area contributed by atoms with Crippen molar-refractivity contribution in [2.24, 2.45) is 0 Å². The van der Waals surface area contributed by atoms with E-state index < -0.39 is 27.8 Å². The summed E-state index contributed by atoms with van der Waals surface area (Å²) in [5.41, 5.74) is 0. The Balaban J connectivity index is 1.82. The summed E-state index contributed by atoms with van der Waals surface area (Å²) in [6.45, 7) is -0.762. The van der Waals surface area contributed by atoms with Crippen LogP contribution < -0.4 is 20.1 Å². The fourth-order valence-electron chi connectivity index (χ4n) is 2.24. The fraction of sp³-hybridized carbons (Fsp3) is 0.462. The zero-order valence-electron chi connectivity index (χ0n) is 12.5. The first kappa shape index (κ1) is 19.4. The Morgan fingerprint density at radius 3 is 1.85 bits per heavy atom. The molecule has 13 heteroatoms. The van der Waals surface area contributed by atoms with Crippen molar-refractivity contribution < 1.29 is 36.9 Å². The predicted octanol–water partition coefficient (Wildman–Crippen LogP) is 3.04. The average molecular weight is 438 g/mol. The highest BCUT2D eigenvalue weighted by molar-refractivity contribution is 6.68. The number of benzene rings is 1. The summed E-state index contributed by atoms with van der Waals surface area (Å²) in [5, 5.41) is 3.48. The van der Waals surface area contributed by atoms with E-state index in [1.54, 1.807) is 12.1 Å². The second-order valence-corrected chi connectivity index (χ2v) is 7.44. The van der Waals surface area contributed by atoms with Gasteiger partial charge in [-0.15, -0.1) is 0 Å². The van der Waals surface area contributed by atoms with E-state index in [1.807, 2.05) is 5.32 Å². The van der Waals surface area contributed by atoms with Crippen LogP contribution in [0.2, 0.25) is 0 Å². The molecule has 2 aliphatic heterocycles. The maximum absolute atomic E-state index is 13.2. The van der Waals surface area contributed by atoms with Crippen LogP contribution in [0.25, 0.3) is 0 Å². The predicted molar refractivity (Wildman–Crippen MR) is 83.1 cm³/mol. The molecule has 2 heterocycles. The van der Waals surface area contributed by atoms with Crippen LogP contribution >= 0.6 is 34.8 Å². The summed E-state index contributed by atoms with van der Waals surface area (Å²) in [7, 11) is 0. The minimum Gasteiger partial charge on any atom is -0.428 e. The number of urea groups is 1. The summed E-state index contributed by atoms with van der Waals surface area (Å²) in [6.07, 6.45) is -5.06. The average Bonchev–Trinajstić information content (AvgIpc) is 3.11. The Hall–Kier alpha value is -1.33. The molecule has 0 unspecified atom stereocenters. The SMILES string of the molecule is O=C(NC1(C(F)(F)F)OCCO1)NC1(C(Cl)(Cl)Cl)Oc2ccccc2O1. The van der Waals surface area contributed by atoms with Crippen molar-refractivity contribution in [2.75, 3.05) is 13.2 Å². The molecule has 0 spiro atoms. The number of rotatable bonds is 2. The summed E-state index contributed by atoms with van der Waals surface area (Å²) in [5.74, 6) is -5.54. The number of amides is 2. The highest BCUT2D eigenvalue weighted by Gasteiger charge is 2.64. The summed E-state index contributed by atoms with van der Waals surface area (Å²) >= 11 is 17.5. The molecule has 1 fully saturated rings. The number of nitrogens with one attached hydrogen (secondary N) is 2. The van der Waals surface area contributed by atoms with Crippen LogP contribution in [0.4, 0.5) is 18.0 Å². The van der Waals surface area contributed by atoms with Gasteiger partial charge in [0, 0.05) is 0 Å². The van der Waals surface area contributed by atoms with Crippen LogP contribution in [0.3, 0.4) is 0 Å². The van der Waals surface area contributed by atoms with Gasteiger partial charge in [-0.3, -0.25) is 10.6 Å². The van der Waals surface area contributed by atoms with Gasteiger partial charge in [-0.25, -0.2) is 4.79 Å². The molecule has 1 saturated heterocycles. The van der Waals surface area contributed by atoms with Crippen LogP contribution in [0.15, 0.2) is 24.3 Å². The number of carbonyl (C=O) groups is 1. The molecule has 26 heavy (non-hydrogen) atoms. The van der Waals surface area contributed by atoms with Crippen molar-refractivity contribution in [1.29, 1.82) is 0 Å². The standard InChI is InChI=1S/C13H10Cl3F3N2O5/c14-10(15,16)12(25-7-3-1-2-4-8(7)26-12)20-9(22)21-13(11(17,18)19)23-5-6-24-13/h1-4H,5-6H2,(H2,20,21,22). The van der Waals surface area contributed by atoms with E-state index in [1.165, 1.54) is 17.4 Å². The smallest absolute Gasteiger partial charge is 0.428 e. The largest absolute Gasteiger partial charge is 0.465 e. The molecule has 1 aromatic carbocycles. The molecule has 144 valence electrons. The zero-order chi connectivity index (χ0) is 19.2. The molecule has 3 rings (SSSR count). The topological polar surface area (TPSA) is 78.1 Å². The zero-order valence-corrected chi connectivity index (χ0v) is 14.8. The number of alkyl halides is 6. The Morgan fingerprint density at radius 1 is 0.962 bits per heavy atom. The van der Waals surface area contributed by atoms with E-state index in [2.05, 4.69) is 9.47 Å². The molecule has 0 aliphatic carbocycles. The number of ether oxygens (including phenoxy) is 4. The Morgan fingerprint density at radius 2 is 1.42 bits per heavy atom. The van der Waals surface area contributed by atoms with Gasteiger partial charge in [0.1, 0.15) is 0 Å². The van der Waals surface area contributed by atoms with Gasteiger partial charge in [-0.05, 0) is 12.1 Å². The van der Waals surface area contributed by atoms with Gasteiger partial charge in [0.25, 0.3) is 3.79 Å². The van der Waals surface area contributed by atoms with Gasteiger partial charge in [-0.2, -0.15) is 13.2 Å². The summed E-state index contributed by atoms with van der Waals surface area (Å²) in [4.78, 5) is 12.2. The Kier molecular flexibility index (Phi) is 4.77. The van der Waals surface area contributed by atoms with Gasteiger partial charge in [-0.1, -0.05) is 46.9 Å². The molecule has 7 nitrogen and oxygen atoms in total.